The van der Waals surface area contributed by atoms with Crippen molar-refractivity contribution in [2.24, 2.45) is 7.05 Å². The Hall–Kier alpha value is -2.21. The fourth-order valence-corrected chi connectivity index (χ4v) is 3.71. The summed E-state index contributed by atoms with van der Waals surface area (Å²) in [5.74, 6) is 0.691. The molecule has 0 aliphatic heterocycles. The Bertz CT molecular complexity index is 1260. The van der Waals surface area contributed by atoms with Crippen molar-refractivity contribution in [2.75, 3.05) is 0 Å². The fraction of sp³-hybridized carbons (Fsp3) is 0.227. The summed E-state index contributed by atoms with van der Waals surface area (Å²) in [5.41, 5.74) is 4.59. The van der Waals surface area contributed by atoms with Gasteiger partial charge in [0.05, 0.1) is 13.2 Å². The molecule has 0 aliphatic carbocycles. The molecule has 0 amide bonds. The molecule has 0 radical (unpaired) electrons. The molecule has 0 atom stereocenters. The number of fused-ring (bicyclic) bond motifs is 3. The first kappa shape index (κ1) is 14.9. The number of benzene rings is 2. The molecule has 0 aliphatic rings. The number of hydrogen-bond donors (Lipinski definition) is 0. The minimum atomic E-state index is -2.21. The van der Waals surface area contributed by atoms with Gasteiger partial charge in [-0.1, -0.05) is 24.3 Å². The molecule has 4 heteroatoms. The molecule has 3 nitrogen and oxygen atoms in total. The number of rotatable bonds is 1. The largest absolute Gasteiger partial charge is 1.00 e. The van der Waals surface area contributed by atoms with Crippen molar-refractivity contribution in [1.29, 1.82) is 0 Å². The Morgan fingerprint density at radius 3 is 2.54 bits per heavy atom. The van der Waals surface area contributed by atoms with E-state index < -0.39 is 6.85 Å². The summed E-state index contributed by atoms with van der Waals surface area (Å²) in [6.45, 7) is 3.48. The maximum Gasteiger partial charge on any atom is 1.00 e. The maximum absolute atomic E-state index is 12.4. The molecule has 4 rings (SSSR count). The Kier molecular flexibility index (Phi) is 3.73. The predicted octanol–water partition coefficient (Wildman–Crippen LogP) is 0.919. The van der Waals surface area contributed by atoms with Crippen molar-refractivity contribution >= 4 is 21.8 Å². The minimum absolute atomic E-state index is 0. The molecule has 26 heavy (non-hydrogen) atoms. The molecule has 2 heterocycles. The zero-order chi connectivity index (χ0) is 20.4. The minimum Gasteiger partial charge on any atom is -0.872 e. The van der Waals surface area contributed by atoms with Crippen LogP contribution in [-0.4, -0.2) is 4.57 Å². The van der Waals surface area contributed by atoms with E-state index in [1.807, 2.05) is 54.4 Å². The van der Waals surface area contributed by atoms with Crippen LogP contribution in [0.2, 0.25) is 0 Å². The average molecular weight is 340 g/mol. The van der Waals surface area contributed by atoms with Crippen molar-refractivity contribution in [2.45, 2.75) is 27.6 Å². The summed E-state index contributed by atoms with van der Waals surface area (Å²) >= 11 is 0. The van der Waals surface area contributed by atoms with E-state index in [0.29, 0.717) is 16.7 Å². The Balaban J connectivity index is 0.00000240. The molecule has 0 saturated heterocycles. The summed E-state index contributed by atoms with van der Waals surface area (Å²) in [5, 5.41) is 14.5. The fourth-order valence-electron chi connectivity index (χ4n) is 3.71. The van der Waals surface area contributed by atoms with E-state index >= 15 is 0 Å². The van der Waals surface area contributed by atoms with E-state index in [4.69, 9.17) is 4.11 Å². The van der Waals surface area contributed by atoms with Crippen molar-refractivity contribution in [3.63, 3.8) is 0 Å². The van der Waals surface area contributed by atoms with E-state index in [2.05, 4.69) is 13.0 Å². The summed E-state index contributed by atoms with van der Waals surface area (Å²) in [7, 11) is 1.90. The van der Waals surface area contributed by atoms with E-state index in [-0.39, 0.29) is 24.6 Å². The molecule has 0 unspecified atom stereocenters. The van der Waals surface area contributed by atoms with Crippen LogP contribution in [0.1, 0.15) is 26.4 Å². The SMILES string of the molecule is [2H]C([2H])([2H])c1cc(-n2c3cccc(C)c3c3ccc([O-])c(C)c32)[n+](C)cc1C.[Li+]. The molecule has 0 fully saturated rings. The van der Waals surface area contributed by atoms with Crippen molar-refractivity contribution < 1.29 is 32.6 Å². The number of aromatic nitrogens is 2. The molecule has 4 aromatic rings. The first-order valence-corrected chi connectivity index (χ1v) is 8.32. The zero-order valence-electron chi connectivity index (χ0n) is 18.8. The van der Waals surface area contributed by atoms with Gasteiger partial charge in [-0.3, -0.25) is 0 Å². The van der Waals surface area contributed by atoms with Crippen molar-refractivity contribution in [3.8, 4) is 11.6 Å². The third-order valence-electron chi connectivity index (χ3n) is 5.04. The molecule has 2 aromatic carbocycles. The standard InChI is InChI=1S/C22H22N2O.Li/c1-13-7-6-8-18-21(13)17-9-10-19(25)16(4)22(17)24(18)20-11-14(2)15(3)12-23(20)5;/h6-12H,1-5H3;/q;+1/i2D3;. The summed E-state index contributed by atoms with van der Waals surface area (Å²) in [6, 6.07) is 11.3. The molecule has 0 bridgehead atoms. The maximum atomic E-state index is 12.4. The molecule has 0 saturated carbocycles. The first-order valence-electron chi connectivity index (χ1n) is 9.82. The van der Waals surface area contributed by atoms with Crippen molar-refractivity contribution in [3.05, 3.63) is 64.8 Å². The van der Waals surface area contributed by atoms with Gasteiger partial charge in [-0.2, -0.15) is 4.57 Å². The Morgan fingerprint density at radius 1 is 1.04 bits per heavy atom. The van der Waals surface area contributed by atoms with Gasteiger partial charge in [-0.25, -0.2) is 4.57 Å². The first-order chi connectivity index (χ1) is 13.1. The summed E-state index contributed by atoms with van der Waals surface area (Å²) in [6.07, 6.45) is 1.83. The Labute approximate surface area is 170 Å². The molecule has 0 N–H and O–H groups in total. The monoisotopic (exact) mass is 340 g/mol. The zero-order valence-corrected chi connectivity index (χ0v) is 15.8. The van der Waals surface area contributed by atoms with Crippen LogP contribution in [0.5, 0.6) is 5.75 Å². The number of nitrogens with zero attached hydrogens (tertiary/aromatic N) is 2. The van der Waals surface area contributed by atoms with Crippen LogP contribution in [0.3, 0.4) is 0 Å². The van der Waals surface area contributed by atoms with Gasteiger partial charge in [0.1, 0.15) is 11.0 Å². The second-order valence-corrected chi connectivity index (χ2v) is 6.73. The van der Waals surface area contributed by atoms with Gasteiger partial charge in [-0.05, 0) is 55.9 Å². The van der Waals surface area contributed by atoms with Gasteiger partial charge in [0.2, 0.25) is 0 Å². The van der Waals surface area contributed by atoms with Crippen LogP contribution in [0, 0.1) is 27.6 Å². The van der Waals surface area contributed by atoms with Crippen molar-refractivity contribution in [1.82, 2.24) is 4.57 Å². The molecule has 126 valence electrons. The van der Waals surface area contributed by atoms with Crippen LogP contribution in [0.4, 0.5) is 0 Å². The Morgan fingerprint density at radius 2 is 1.81 bits per heavy atom. The van der Waals surface area contributed by atoms with E-state index in [0.717, 1.165) is 33.2 Å². The molecule has 0 spiro atoms. The van der Waals surface area contributed by atoms with Gasteiger partial charge in [-0.15, -0.1) is 5.75 Å². The number of hydrogen-bond acceptors (Lipinski definition) is 1. The predicted molar refractivity (Wildman–Crippen MR) is 100 cm³/mol. The summed E-state index contributed by atoms with van der Waals surface area (Å²) < 4.78 is 27.7. The van der Waals surface area contributed by atoms with Crippen LogP contribution < -0.4 is 28.5 Å². The second-order valence-electron chi connectivity index (χ2n) is 6.73. The van der Waals surface area contributed by atoms with E-state index in [9.17, 15) is 5.11 Å². The molecular formula is C22H22LiN2O+. The smallest absolute Gasteiger partial charge is 0.872 e. The topological polar surface area (TPSA) is 31.9 Å². The third kappa shape index (κ3) is 2.55. The normalized spacial score (nSPS) is 13.3. The van der Waals surface area contributed by atoms with E-state index in [1.54, 1.807) is 12.1 Å². The summed E-state index contributed by atoms with van der Waals surface area (Å²) in [4.78, 5) is 0. The number of pyridine rings is 1. The van der Waals surface area contributed by atoms with Crippen LogP contribution >= 0.6 is 0 Å². The van der Waals surface area contributed by atoms with Gasteiger partial charge in [0.25, 0.3) is 5.82 Å². The van der Waals surface area contributed by atoms with Crippen LogP contribution in [0.25, 0.3) is 27.6 Å². The quantitative estimate of drug-likeness (QED) is 0.375. The van der Waals surface area contributed by atoms with Gasteiger partial charge < -0.3 is 5.11 Å². The average Bonchev–Trinajstić information content (AvgIpc) is 2.93. The van der Waals surface area contributed by atoms with Gasteiger partial charge in [0.15, 0.2) is 0 Å². The van der Waals surface area contributed by atoms with E-state index in [1.165, 1.54) is 0 Å². The third-order valence-corrected chi connectivity index (χ3v) is 5.04. The van der Waals surface area contributed by atoms with Gasteiger partial charge >= 0.3 is 18.9 Å². The molecule has 2 aromatic heterocycles. The van der Waals surface area contributed by atoms with Gasteiger partial charge in [0, 0.05) is 21.0 Å². The van der Waals surface area contributed by atoms with Crippen LogP contribution in [-0.2, 0) is 7.05 Å². The molecular weight excluding hydrogens is 315 g/mol. The van der Waals surface area contributed by atoms with Crippen LogP contribution in [0.15, 0.2) is 42.6 Å². The number of aryl methyl sites for hydroxylation is 5. The second kappa shape index (κ2) is 6.50.